The Morgan fingerprint density at radius 1 is 1.29 bits per heavy atom. The van der Waals surface area contributed by atoms with Gasteiger partial charge in [-0.3, -0.25) is 8.93 Å². The summed E-state index contributed by atoms with van der Waals surface area (Å²) in [6.07, 6.45) is 0. The van der Waals surface area contributed by atoms with Crippen LogP contribution in [0.1, 0.15) is 0 Å². The fourth-order valence-corrected chi connectivity index (χ4v) is 1.14. The molecule has 0 amide bonds. The second-order valence-electron chi connectivity index (χ2n) is 3.04. The van der Waals surface area contributed by atoms with Crippen molar-refractivity contribution in [2.45, 2.75) is 0 Å². The predicted molar refractivity (Wildman–Crippen MR) is 65.8 cm³/mol. The van der Waals surface area contributed by atoms with Crippen molar-refractivity contribution in [1.29, 1.82) is 0 Å². The molecule has 0 saturated carbocycles. The van der Waals surface area contributed by atoms with Gasteiger partial charge in [0.25, 0.3) is 10.2 Å². The molecule has 1 unspecified atom stereocenters. The van der Waals surface area contributed by atoms with E-state index < -0.39 is 21.5 Å². The molecule has 1 aromatic carbocycles. The number of nitrogens with one attached hydrogen (secondary N) is 1. The molecular weight excluding hydrogens is 266 g/mol. The summed E-state index contributed by atoms with van der Waals surface area (Å²) in [6.45, 7) is 0. The first-order valence-electron chi connectivity index (χ1n) is 4.34. The quantitative estimate of drug-likeness (QED) is 0.736. The number of para-hydroxylation sites is 1. The molecular formula is C8H14N3O4S2-. The molecule has 17 heavy (non-hydrogen) atoms. The first kappa shape index (κ1) is 16.0. The summed E-state index contributed by atoms with van der Waals surface area (Å²) in [4.78, 5) is 0. The molecule has 0 aliphatic rings. The fraction of sp³-hybridized carbons (Fsp3) is 0.250. The van der Waals surface area contributed by atoms with Gasteiger partial charge in [-0.15, -0.1) is 0 Å². The first-order valence-corrected chi connectivity index (χ1v) is 6.92. The van der Waals surface area contributed by atoms with Gasteiger partial charge in [0.1, 0.15) is 0 Å². The van der Waals surface area contributed by atoms with Gasteiger partial charge in [0.15, 0.2) is 0 Å². The van der Waals surface area contributed by atoms with Gasteiger partial charge >= 0.3 is 0 Å². The number of nitrogens with two attached hydrogens (primary N) is 1. The van der Waals surface area contributed by atoms with Crippen LogP contribution in [0.15, 0.2) is 30.3 Å². The van der Waals surface area contributed by atoms with E-state index in [0.29, 0.717) is 5.69 Å². The van der Waals surface area contributed by atoms with Crippen molar-refractivity contribution < 1.29 is 17.2 Å². The maximum absolute atomic E-state index is 10.5. The van der Waals surface area contributed by atoms with E-state index >= 15 is 0 Å². The summed E-state index contributed by atoms with van der Waals surface area (Å²) in [5.41, 5.74) is 0.468. The highest BCUT2D eigenvalue weighted by molar-refractivity contribution is 7.90. The zero-order valence-electron chi connectivity index (χ0n) is 9.36. The van der Waals surface area contributed by atoms with Crippen molar-refractivity contribution in [2.24, 2.45) is 5.14 Å². The Hall–Kier alpha value is -1.00. The Bertz CT molecular complexity index is 447. The van der Waals surface area contributed by atoms with Crippen molar-refractivity contribution in [3.63, 3.8) is 0 Å². The van der Waals surface area contributed by atoms with E-state index in [-0.39, 0.29) is 0 Å². The highest BCUT2D eigenvalue weighted by atomic mass is 32.2. The van der Waals surface area contributed by atoms with E-state index in [1.54, 1.807) is 30.3 Å². The smallest absolute Gasteiger partial charge is 0.296 e. The zero-order valence-corrected chi connectivity index (χ0v) is 11.0. The van der Waals surface area contributed by atoms with Gasteiger partial charge in [-0.2, -0.15) is 8.42 Å². The maximum atomic E-state index is 10.5. The summed E-state index contributed by atoms with van der Waals surface area (Å²) in [6, 6.07) is 8.45. The molecule has 1 rings (SSSR count). The van der Waals surface area contributed by atoms with Crippen LogP contribution in [0.5, 0.6) is 0 Å². The second-order valence-corrected chi connectivity index (χ2v) is 5.50. The Balaban J connectivity index is 0.000000366. The molecule has 1 atom stereocenters. The second kappa shape index (κ2) is 7.35. The van der Waals surface area contributed by atoms with Gasteiger partial charge in [0.2, 0.25) is 0 Å². The topological polar surface area (TPSA) is 116 Å². The van der Waals surface area contributed by atoms with Crippen molar-refractivity contribution >= 4 is 27.2 Å². The molecule has 7 nitrogen and oxygen atoms in total. The number of hydrogen-bond donors (Lipinski definition) is 2. The predicted octanol–water partition coefficient (Wildman–Crippen LogP) is -0.356. The Labute approximate surface area is 103 Å². The molecule has 1 aromatic rings. The lowest BCUT2D eigenvalue weighted by Crippen LogP contribution is -2.21. The standard InChI is InChI=1S/C6H8N2O2S.C2H7NO2S/c7-11(9,10)8-6-4-2-1-3-5-6;1-3(2)6(4)5/h1-5,8H,(H2,7,9,10);1-2H3,(H,4,5)/p-1. The highest BCUT2D eigenvalue weighted by Gasteiger charge is 1.98. The average Bonchev–Trinajstić information content (AvgIpc) is 2.17. The van der Waals surface area contributed by atoms with Crippen molar-refractivity contribution in [3.05, 3.63) is 30.3 Å². The third-order valence-corrected chi connectivity index (χ3v) is 2.45. The minimum absolute atomic E-state index is 0.468. The molecule has 9 heteroatoms. The third-order valence-electron chi connectivity index (χ3n) is 1.33. The van der Waals surface area contributed by atoms with Crippen LogP contribution in [0.3, 0.4) is 0 Å². The molecule has 0 aromatic heterocycles. The molecule has 0 saturated heterocycles. The van der Waals surface area contributed by atoms with E-state index in [0.717, 1.165) is 4.31 Å². The number of nitrogens with zero attached hydrogens (tertiary/aromatic N) is 1. The number of rotatable bonds is 3. The van der Waals surface area contributed by atoms with E-state index in [4.69, 9.17) is 5.14 Å². The number of anilines is 1. The van der Waals surface area contributed by atoms with Gasteiger partial charge in [0, 0.05) is 17.0 Å². The SMILES string of the molecule is CN(C)S(=O)[O-].NS(=O)(=O)Nc1ccccc1. The zero-order chi connectivity index (χ0) is 13.5. The molecule has 0 heterocycles. The third kappa shape index (κ3) is 9.90. The van der Waals surface area contributed by atoms with Gasteiger partial charge < -0.3 is 4.55 Å². The molecule has 0 aliphatic carbocycles. The van der Waals surface area contributed by atoms with Crippen LogP contribution in [-0.4, -0.2) is 35.6 Å². The van der Waals surface area contributed by atoms with E-state index in [2.05, 4.69) is 4.72 Å². The average molecular weight is 280 g/mol. The summed E-state index contributed by atoms with van der Waals surface area (Å²) >= 11 is -2.03. The van der Waals surface area contributed by atoms with Gasteiger partial charge in [-0.05, 0) is 26.2 Å². The monoisotopic (exact) mass is 280 g/mol. The van der Waals surface area contributed by atoms with Crippen molar-refractivity contribution in [3.8, 4) is 0 Å². The molecule has 0 aliphatic heterocycles. The Morgan fingerprint density at radius 3 is 2.00 bits per heavy atom. The highest BCUT2D eigenvalue weighted by Crippen LogP contribution is 2.04. The van der Waals surface area contributed by atoms with Crippen LogP contribution >= 0.6 is 0 Å². The largest absolute Gasteiger partial charge is 0.760 e. The molecule has 3 N–H and O–H groups in total. The molecule has 0 fully saturated rings. The number of benzene rings is 1. The van der Waals surface area contributed by atoms with Crippen LogP contribution in [0.4, 0.5) is 5.69 Å². The van der Waals surface area contributed by atoms with Crippen LogP contribution in [-0.2, 0) is 21.5 Å². The minimum Gasteiger partial charge on any atom is -0.760 e. The Morgan fingerprint density at radius 2 is 1.71 bits per heavy atom. The number of hydrogen-bond acceptors (Lipinski definition) is 4. The van der Waals surface area contributed by atoms with Crippen molar-refractivity contribution in [1.82, 2.24) is 4.31 Å². The lowest BCUT2D eigenvalue weighted by atomic mass is 10.3. The maximum Gasteiger partial charge on any atom is 0.296 e. The molecule has 0 radical (unpaired) electrons. The van der Waals surface area contributed by atoms with Gasteiger partial charge in [-0.25, -0.2) is 9.44 Å². The minimum atomic E-state index is -3.63. The molecule has 0 bridgehead atoms. The van der Waals surface area contributed by atoms with Crippen LogP contribution in [0, 0.1) is 0 Å². The van der Waals surface area contributed by atoms with Gasteiger partial charge in [0.05, 0.1) is 0 Å². The van der Waals surface area contributed by atoms with E-state index in [1.165, 1.54) is 14.1 Å². The first-order chi connectivity index (χ1) is 7.72. The fourth-order valence-electron chi connectivity index (χ4n) is 0.670. The van der Waals surface area contributed by atoms with Crippen LogP contribution in [0.25, 0.3) is 0 Å². The summed E-state index contributed by atoms with van der Waals surface area (Å²) in [5, 5.41) is 4.73. The normalized spacial score (nSPS) is 12.5. The summed E-state index contributed by atoms with van der Waals surface area (Å²) in [5.74, 6) is 0. The summed E-state index contributed by atoms with van der Waals surface area (Å²) < 4.78 is 43.4. The molecule has 98 valence electrons. The van der Waals surface area contributed by atoms with Crippen LogP contribution < -0.4 is 9.86 Å². The lowest BCUT2D eigenvalue weighted by Gasteiger charge is -2.10. The lowest BCUT2D eigenvalue weighted by molar-refractivity contribution is 0.470. The summed E-state index contributed by atoms with van der Waals surface area (Å²) in [7, 11) is -0.704. The van der Waals surface area contributed by atoms with Crippen LogP contribution in [0.2, 0.25) is 0 Å². The Kier molecular flexibility index (Phi) is 6.92. The molecule has 0 spiro atoms. The van der Waals surface area contributed by atoms with E-state index in [9.17, 15) is 17.2 Å². The van der Waals surface area contributed by atoms with Crippen molar-refractivity contribution in [2.75, 3.05) is 18.8 Å². The van der Waals surface area contributed by atoms with E-state index in [1.807, 2.05) is 0 Å². The van der Waals surface area contributed by atoms with Gasteiger partial charge in [-0.1, -0.05) is 18.2 Å².